The lowest BCUT2D eigenvalue weighted by Crippen LogP contribution is -2.57. The molecule has 0 aliphatic carbocycles. The number of nitrogens with zero attached hydrogens (tertiary/aromatic N) is 2. The fourth-order valence-corrected chi connectivity index (χ4v) is 3.88. The highest BCUT2D eigenvalue weighted by atomic mass is 16.2. The summed E-state index contributed by atoms with van der Waals surface area (Å²) in [4.78, 5) is 32.2. The molecule has 0 radical (unpaired) electrons. The standard InChI is InChI=1S/C20H24N4O2/c25-19-13-21-10-12-24(19)16-7-4-11-23(14-16)20(26)18-9-8-17(22-18)15-5-2-1-3-6-15/h1-3,5-6,8-9,16,21-22H,4,7,10-14H2. The van der Waals surface area contributed by atoms with Crippen molar-refractivity contribution in [3.05, 3.63) is 48.2 Å². The van der Waals surface area contributed by atoms with Gasteiger partial charge in [0.25, 0.3) is 5.91 Å². The van der Waals surface area contributed by atoms with Crippen LogP contribution >= 0.6 is 0 Å². The van der Waals surface area contributed by atoms with E-state index in [1.165, 1.54) is 0 Å². The number of H-pyrrole nitrogens is 1. The third-order valence-corrected chi connectivity index (χ3v) is 5.25. The van der Waals surface area contributed by atoms with Crippen molar-refractivity contribution in [1.29, 1.82) is 0 Å². The molecule has 1 aromatic heterocycles. The Morgan fingerprint density at radius 1 is 1.08 bits per heavy atom. The second-order valence-corrected chi connectivity index (χ2v) is 6.96. The van der Waals surface area contributed by atoms with Gasteiger partial charge in [0, 0.05) is 37.9 Å². The lowest BCUT2D eigenvalue weighted by molar-refractivity contribution is -0.135. The molecular formula is C20H24N4O2. The van der Waals surface area contributed by atoms with Gasteiger partial charge in [0.2, 0.25) is 5.91 Å². The van der Waals surface area contributed by atoms with Crippen molar-refractivity contribution in [2.24, 2.45) is 0 Å². The minimum absolute atomic E-state index is 0.0134. The topological polar surface area (TPSA) is 68.4 Å². The van der Waals surface area contributed by atoms with Crippen LogP contribution in [0.3, 0.4) is 0 Å². The van der Waals surface area contributed by atoms with Gasteiger partial charge in [-0.25, -0.2) is 0 Å². The molecule has 1 atom stereocenters. The van der Waals surface area contributed by atoms with Crippen LogP contribution in [0, 0.1) is 0 Å². The monoisotopic (exact) mass is 352 g/mol. The van der Waals surface area contributed by atoms with Crippen LogP contribution in [-0.4, -0.2) is 65.4 Å². The predicted octanol–water partition coefficient (Wildman–Crippen LogP) is 1.72. The Labute approximate surface area is 153 Å². The van der Waals surface area contributed by atoms with Crippen molar-refractivity contribution in [2.45, 2.75) is 18.9 Å². The summed E-state index contributed by atoms with van der Waals surface area (Å²) in [5.41, 5.74) is 2.62. The van der Waals surface area contributed by atoms with Gasteiger partial charge in [-0.2, -0.15) is 0 Å². The van der Waals surface area contributed by atoms with E-state index >= 15 is 0 Å². The number of rotatable bonds is 3. The van der Waals surface area contributed by atoms with E-state index in [-0.39, 0.29) is 17.9 Å². The molecule has 2 aliphatic heterocycles. The molecule has 2 N–H and O–H groups in total. The van der Waals surface area contributed by atoms with Crippen molar-refractivity contribution in [3.63, 3.8) is 0 Å². The highest BCUT2D eigenvalue weighted by Gasteiger charge is 2.32. The molecule has 2 aliphatic rings. The Balaban J connectivity index is 1.46. The number of aromatic nitrogens is 1. The number of hydrogen-bond donors (Lipinski definition) is 2. The number of likely N-dealkylation sites (tertiary alicyclic amines) is 1. The summed E-state index contributed by atoms with van der Waals surface area (Å²) in [5.74, 6) is 0.154. The number of amides is 2. The zero-order chi connectivity index (χ0) is 17.9. The molecular weight excluding hydrogens is 328 g/mol. The van der Waals surface area contributed by atoms with E-state index < -0.39 is 0 Å². The van der Waals surface area contributed by atoms with Gasteiger partial charge in [0.15, 0.2) is 0 Å². The molecule has 4 rings (SSSR count). The van der Waals surface area contributed by atoms with E-state index in [0.29, 0.717) is 18.8 Å². The first-order chi connectivity index (χ1) is 12.7. The molecule has 136 valence electrons. The van der Waals surface area contributed by atoms with Crippen LogP contribution in [0.25, 0.3) is 11.3 Å². The molecule has 1 unspecified atom stereocenters. The Bertz CT molecular complexity index is 786. The molecule has 1 aromatic carbocycles. The van der Waals surface area contributed by atoms with E-state index in [9.17, 15) is 9.59 Å². The summed E-state index contributed by atoms with van der Waals surface area (Å²) in [5, 5.41) is 3.10. The lowest BCUT2D eigenvalue weighted by atomic mass is 10.0. The average Bonchev–Trinajstić information content (AvgIpc) is 3.19. The van der Waals surface area contributed by atoms with Gasteiger partial charge >= 0.3 is 0 Å². The van der Waals surface area contributed by atoms with Crippen LogP contribution in [0.1, 0.15) is 23.3 Å². The molecule has 0 bridgehead atoms. The molecule has 2 fully saturated rings. The molecule has 2 aromatic rings. The van der Waals surface area contributed by atoms with E-state index in [0.717, 1.165) is 43.7 Å². The Morgan fingerprint density at radius 3 is 2.73 bits per heavy atom. The summed E-state index contributed by atoms with van der Waals surface area (Å²) in [6, 6.07) is 13.9. The second-order valence-electron chi connectivity index (χ2n) is 6.96. The molecule has 3 heterocycles. The van der Waals surface area contributed by atoms with Crippen LogP contribution in [0.5, 0.6) is 0 Å². The maximum atomic E-state index is 12.9. The summed E-state index contributed by atoms with van der Waals surface area (Å²) < 4.78 is 0. The van der Waals surface area contributed by atoms with Gasteiger partial charge in [0.1, 0.15) is 5.69 Å². The number of nitrogens with one attached hydrogen (secondary N) is 2. The Kier molecular flexibility index (Phi) is 4.75. The Morgan fingerprint density at radius 2 is 1.92 bits per heavy atom. The summed E-state index contributed by atoms with van der Waals surface area (Å²) >= 11 is 0. The normalized spacial score (nSPS) is 21.1. The smallest absolute Gasteiger partial charge is 0.270 e. The van der Waals surface area contributed by atoms with E-state index in [4.69, 9.17) is 0 Å². The minimum atomic E-state index is 0.0134. The van der Waals surface area contributed by atoms with Gasteiger partial charge < -0.3 is 20.1 Å². The van der Waals surface area contributed by atoms with Crippen LogP contribution in [0.15, 0.2) is 42.5 Å². The van der Waals surface area contributed by atoms with Crippen molar-refractivity contribution in [3.8, 4) is 11.3 Å². The molecule has 6 heteroatoms. The quantitative estimate of drug-likeness (QED) is 0.884. The number of piperidine rings is 1. The van der Waals surface area contributed by atoms with Gasteiger partial charge in [-0.15, -0.1) is 0 Å². The van der Waals surface area contributed by atoms with E-state index in [1.807, 2.05) is 52.3 Å². The third kappa shape index (κ3) is 3.37. The SMILES string of the molecule is O=C(c1ccc(-c2ccccc2)[nH]1)N1CCCC(N2CCNCC2=O)C1. The lowest BCUT2D eigenvalue weighted by Gasteiger charge is -2.41. The number of piperazine rings is 1. The van der Waals surface area contributed by atoms with Crippen molar-refractivity contribution in [2.75, 3.05) is 32.7 Å². The van der Waals surface area contributed by atoms with Crippen LogP contribution in [-0.2, 0) is 4.79 Å². The number of hydrogen-bond acceptors (Lipinski definition) is 3. The number of benzene rings is 1. The fourth-order valence-electron chi connectivity index (χ4n) is 3.88. The maximum Gasteiger partial charge on any atom is 0.270 e. The molecule has 6 nitrogen and oxygen atoms in total. The number of carbonyl (C=O) groups is 2. The first-order valence-electron chi connectivity index (χ1n) is 9.26. The van der Waals surface area contributed by atoms with Crippen LogP contribution in [0.2, 0.25) is 0 Å². The molecule has 0 spiro atoms. The van der Waals surface area contributed by atoms with E-state index in [2.05, 4.69) is 10.3 Å². The highest BCUT2D eigenvalue weighted by Crippen LogP contribution is 2.21. The zero-order valence-corrected chi connectivity index (χ0v) is 14.8. The van der Waals surface area contributed by atoms with Crippen LogP contribution < -0.4 is 5.32 Å². The van der Waals surface area contributed by atoms with Crippen LogP contribution in [0.4, 0.5) is 0 Å². The third-order valence-electron chi connectivity index (χ3n) is 5.25. The zero-order valence-electron chi connectivity index (χ0n) is 14.8. The maximum absolute atomic E-state index is 12.9. The molecule has 0 saturated carbocycles. The first kappa shape index (κ1) is 16.8. The van der Waals surface area contributed by atoms with Gasteiger partial charge in [-0.05, 0) is 30.5 Å². The number of aromatic amines is 1. The van der Waals surface area contributed by atoms with Crippen molar-refractivity contribution < 1.29 is 9.59 Å². The highest BCUT2D eigenvalue weighted by molar-refractivity contribution is 5.93. The summed E-state index contributed by atoms with van der Waals surface area (Å²) in [7, 11) is 0. The molecule has 26 heavy (non-hydrogen) atoms. The minimum Gasteiger partial charge on any atom is -0.351 e. The summed E-state index contributed by atoms with van der Waals surface area (Å²) in [6.45, 7) is 3.32. The average molecular weight is 352 g/mol. The Hall–Kier alpha value is -2.60. The van der Waals surface area contributed by atoms with Crippen molar-refractivity contribution >= 4 is 11.8 Å². The second kappa shape index (κ2) is 7.33. The fraction of sp³-hybridized carbons (Fsp3) is 0.400. The van der Waals surface area contributed by atoms with Gasteiger partial charge in [-0.1, -0.05) is 30.3 Å². The summed E-state index contributed by atoms with van der Waals surface area (Å²) in [6.07, 6.45) is 1.90. The van der Waals surface area contributed by atoms with E-state index in [1.54, 1.807) is 0 Å². The predicted molar refractivity (Wildman–Crippen MR) is 99.7 cm³/mol. The molecule has 2 saturated heterocycles. The van der Waals surface area contributed by atoms with Gasteiger partial charge in [0.05, 0.1) is 6.54 Å². The van der Waals surface area contributed by atoms with Crippen molar-refractivity contribution in [1.82, 2.24) is 20.1 Å². The number of carbonyl (C=O) groups excluding carboxylic acids is 2. The first-order valence-corrected chi connectivity index (χ1v) is 9.26. The largest absolute Gasteiger partial charge is 0.351 e. The molecule has 2 amide bonds. The van der Waals surface area contributed by atoms with Gasteiger partial charge in [-0.3, -0.25) is 9.59 Å².